The maximum atomic E-state index is 14.6. The van der Waals surface area contributed by atoms with E-state index in [4.69, 9.17) is 16.7 Å². The molecular weight excluding hydrogens is 425 g/mol. The molecule has 2 aromatic rings. The van der Waals surface area contributed by atoms with Gasteiger partial charge >= 0.3 is 0 Å². The molecule has 4 unspecified atom stereocenters. The first kappa shape index (κ1) is 22.1. The van der Waals surface area contributed by atoms with Crippen LogP contribution in [0.15, 0.2) is 18.5 Å². The minimum atomic E-state index is -1.12. The Morgan fingerprint density at radius 1 is 1.39 bits per heavy atom. The third-order valence-corrected chi connectivity index (χ3v) is 6.32. The number of nitrogens with zero attached hydrogens (tertiary/aromatic N) is 3. The van der Waals surface area contributed by atoms with E-state index in [1.807, 2.05) is 13.0 Å². The fraction of sp³-hybridized carbons (Fsp3) is 0.571. The Kier molecular flexibility index (Phi) is 6.30. The van der Waals surface area contributed by atoms with Crippen LogP contribution in [-0.4, -0.2) is 60.7 Å². The summed E-state index contributed by atoms with van der Waals surface area (Å²) in [5.74, 6) is 0.442. The normalized spacial score (nSPS) is 28.6. The van der Waals surface area contributed by atoms with Gasteiger partial charge in [0, 0.05) is 30.3 Å². The second-order valence-corrected chi connectivity index (χ2v) is 9.07. The predicted octanol–water partition coefficient (Wildman–Crippen LogP) is 2.44. The van der Waals surface area contributed by atoms with Gasteiger partial charge in [0.2, 0.25) is 0 Å². The van der Waals surface area contributed by atoms with Crippen LogP contribution in [0.2, 0.25) is 5.02 Å². The van der Waals surface area contributed by atoms with Gasteiger partial charge in [0.15, 0.2) is 11.6 Å². The average molecular weight is 452 g/mol. The summed E-state index contributed by atoms with van der Waals surface area (Å²) in [7, 11) is 0. The number of hydrogen-bond acceptors (Lipinski definition) is 8. The van der Waals surface area contributed by atoms with Crippen LogP contribution in [0.5, 0.6) is 0 Å². The van der Waals surface area contributed by atoms with Crippen LogP contribution in [0.1, 0.15) is 56.3 Å². The van der Waals surface area contributed by atoms with E-state index in [0.29, 0.717) is 35.9 Å². The van der Waals surface area contributed by atoms with Crippen molar-refractivity contribution in [2.75, 3.05) is 17.2 Å². The van der Waals surface area contributed by atoms with E-state index in [0.717, 1.165) is 18.2 Å². The molecule has 1 aliphatic heterocycles. The van der Waals surface area contributed by atoms with Gasteiger partial charge < -0.3 is 26.0 Å². The monoisotopic (exact) mass is 451 g/mol. The summed E-state index contributed by atoms with van der Waals surface area (Å²) in [5, 5.41) is 36.6. The molecule has 4 rings (SSSR count). The quantitative estimate of drug-likeness (QED) is 0.453. The number of fused-ring (bicyclic) bond motifs is 1. The van der Waals surface area contributed by atoms with Gasteiger partial charge in [-0.1, -0.05) is 11.6 Å². The lowest BCUT2D eigenvalue weighted by Crippen LogP contribution is -2.43. The Hall–Kier alpha value is -2.07. The second-order valence-electron chi connectivity index (χ2n) is 8.63. The number of rotatable bonds is 6. The number of anilines is 2. The molecule has 1 saturated carbocycles. The lowest BCUT2D eigenvalue weighted by molar-refractivity contribution is -0.0512. The van der Waals surface area contributed by atoms with Gasteiger partial charge in [0.1, 0.15) is 11.6 Å². The van der Waals surface area contributed by atoms with Crippen molar-refractivity contribution < 1.29 is 19.7 Å². The molecular formula is C21H27ClFN5O3. The number of nitrogens with one attached hydrogen (secondary N) is 2. The van der Waals surface area contributed by atoms with Crippen LogP contribution in [0, 0.1) is 5.82 Å². The van der Waals surface area contributed by atoms with E-state index in [-0.39, 0.29) is 30.2 Å². The molecule has 1 aliphatic carbocycles. The van der Waals surface area contributed by atoms with Crippen LogP contribution >= 0.6 is 11.6 Å². The van der Waals surface area contributed by atoms with E-state index in [1.165, 1.54) is 0 Å². The maximum absolute atomic E-state index is 14.6. The molecule has 3 heterocycles. The average Bonchev–Trinajstić information content (AvgIpc) is 3.04. The zero-order valence-corrected chi connectivity index (χ0v) is 18.0. The summed E-state index contributed by atoms with van der Waals surface area (Å²) in [6.45, 7) is 1.58. The van der Waals surface area contributed by atoms with Gasteiger partial charge in [0.05, 0.1) is 35.4 Å². The SMILES string of the molecule is CC1Nc2ncc(Cl)cc2C1c1ncc(F)c(NC2CCC[C@](O)(CC(O)CO)C2)n1. The third-order valence-electron chi connectivity index (χ3n) is 6.11. The molecule has 5 atom stereocenters. The van der Waals surface area contributed by atoms with Crippen LogP contribution in [0.25, 0.3) is 0 Å². The first-order valence-electron chi connectivity index (χ1n) is 10.5. The number of pyridine rings is 1. The first-order valence-corrected chi connectivity index (χ1v) is 10.9. The highest BCUT2D eigenvalue weighted by Gasteiger charge is 2.37. The molecule has 168 valence electrons. The summed E-state index contributed by atoms with van der Waals surface area (Å²) in [6, 6.07) is 1.56. The molecule has 8 nitrogen and oxygen atoms in total. The van der Waals surface area contributed by atoms with E-state index in [2.05, 4.69) is 25.6 Å². The lowest BCUT2D eigenvalue weighted by Gasteiger charge is -2.38. The summed E-state index contributed by atoms with van der Waals surface area (Å²) in [4.78, 5) is 13.0. The highest BCUT2D eigenvalue weighted by Crippen LogP contribution is 2.39. The number of aromatic nitrogens is 3. The molecule has 1 fully saturated rings. The van der Waals surface area contributed by atoms with Gasteiger partial charge in [-0.2, -0.15) is 0 Å². The molecule has 0 bridgehead atoms. The molecule has 0 amide bonds. The van der Waals surface area contributed by atoms with Crippen LogP contribution < -0.4 is 10.6 Å². The molecule has 0 saturated heterocycles. The molecule has 5 N–H and O–H groups in total. The minimum Gasteiger partial charge on any atom is -0.394 e. The predicted molar refractivity (Wildman–Crippen MR) is 115 cm³/mol. The molecule has 10 heteroatoms. The molecule has 31 heavy (non-hydrogen) atoms. The smallest absolute Gasteiger partial charge is 0.183 e. The van der Waals surface area contributed by atoms with Crippen molar-refractivity contribution in [1.29, 1.82) is 0 Å². The van der Waals surface area contributed by atoms with Gasteiger partial charge in [-0.15, -0.1) is 0 Å². The van der Waals surface area contributed by atoms with Crippen LogP contribution in [0.3, 0.4) is 0 Å². The second kappa shape index (κ2) is 8.82. The molecule has 0 radical (unpaired) electrons. The third kappa shape index (κ3) is 4.74. The Morgan fingerprint density at radius 2 is 2.19 bits per heavy atom. The Bertz CT molecular complexity index is 951. The number of aliphatic hydroxyl groups is 3. The van der Waals surface area contributed by atoms with Crippen molar-refractivity contribution >= 4 is 23.2 Å². The van der Waals surface area contributed by atoms with E-state index >= 15 is 0 Å². The van der Waals surface area contributed by atoms with E-state index in [1.54, 1.807) is 6.20 Å². The number of hydrogen-bond donors (Lipinski definition) is 5. The largest absolute Gasteiger partial charge is 0.394 e. The number of halogens is 2. The summed E-state index contributed by atoms with van der Waals surface area (Å²) < 4.78 is 14.6. The van der Waals surface area contributed by atoms with E-state index in [9.17, 15) is 14.6 Å². The van der Waals surface area contributed by atoms with Crippen LogP contribution in [0.4, 0.5) is 16.0 Å². The van der Waals surface area contributed by atoms with Gasteiger partial charge in [-0.05, 0) is 38.7 Å². The maximum Gasteiger partial charge on any atom is 0.183 e. The topological polar surface area (TPSA) is 123 Å². The molecule has 2 aliphatic rings. The van der Waals surface area contributed by atoms with Crippen molar-refractivity contribution in [3.63, 3.8) is 0 Å². The Labute approximate surface area is 184 Å². The Balaban J connectivity index is 1.55. The fourth-order valence-corrected chi connectivity index (χ4v) is 4.89. The van der Waals surface area contributed by atoms with Gasteiger partial charge in [-0.25, -0.2) is 19.3 Å². The van der Waals surface area contributed by atoms with Crippen molar-refractivity contribution in [2.45, 2.75) is 68.7 Å². The molecule has 0 aromatic carbocycles. The van der Waals surface area contributed by atoms with E-state index < -0.39 is 24.1 Å². The standard InChI is InChI=1S/C21H27ClFN5O3/c1-11-17(15-5-12(22)8-24-18(15)26-11)20-25-9-16(23)19(28-20)27-13-3-2-4-21(31,6-13)7-14(30)10-29/h5,8-9,11,13-14,17,29-31H,2-4,6-7,10H2,1H3,(H,24,26)(H,25,27,28)/t11?,13?,14?,17?,21-/m1/s1. The van der Waals surface area contributed by atoms with Crippen molar-refractivity contribution in [2.24, 2.45) is 0 Å². The zero-order chi connectivity index (χ0) is 22.2. The fourth-order valence-electron chi connectivity index (χ4n) is 4.72. The number of aliphatic hydroxyl groups excluding tert-OH is 2. The lowest BCUT2D eigenvalue weighted by atomic mass is 9.78. The molecule has 2 aromatic heterocycles. The van der Waals surface area contributed by atoms with Crippen molar-refractivity contribution in [3.8, 4) is 0 Å². The summed E-state index contributed by atoms with van der Waals surface area (Å²) in [6.07, 6.45) is 4.11. The summed E-state index contributed by atoms with van der Waals surface area (Å²) >= 11 is 6.12. The highest BCUT2D eigenvalue weighted by molar-refractivity contribution is 6.30. The summed E-state index contributed by atoms with van der Waals surface area (Å²) in [5.41, 5.74) is -0.252. The van der Waals surface area contributed by atoms with Crippen molar-refractivity contribution in [1.82, 2.24) is 15.0 Å². The molecule has 0 spiro atoms. The van der Waals surface area contributed by atoms with Crippen LogP contribution in [-0.2, 0) is 0 Å². The van der Waals surface area contributed by atoms with Gasteiger partial charge in [0.25, 0.3) is 0 Å². The zero-order valence-electron chi connectivity index (χ0n) is 17.2. The van der Waals surface area contributed by atoms with Crippen molar-refractivity contribution in [3.05, 3.63) is 40.7 Å². The van der Waals surface area contributed by atoms with Gasteiger partial charge in [-0.3, -0.25) is 0 Å². The highest BCUT2D eigenvalue weighted by atomic mass is 35.5. The Morgan fingerprint density at radius 3 is 2.97 bits per heavy atom. The first-order chi connectivity index (χ1) is 14.8. The minimum absolute atomic E-state index is 0.0426.